The Balaban J connectivity index is 1.57. The summed E-state index contributed by atoms with van der Waals surface area (Å²) in [7, 11) is 0. The summed E-state index contributed by atoms with van der Waals surface area (Å²) in [6.07, 6.45) is 3.56. The maximum absolute atomic E-state index is 12.6. The smallest absolute Gasteiger partial charge is 0.326 e. The zero-order valence-electron chi connectivity index (χ0n) is 19.0. The lowest BCUT2D eigenvalue weighted by atomic mass is 10.0. The van der Waals surface area contributed by atoms with Crippen LogP contribution >= 0.6 is 23.2 Å². The number of hydrogen-bond acceptors (Lipinski definition) is 5. The van der Waals surface area contributed by atoms with Crippen molar-refractivity contribution < 1.29 is 19.5 Å². The number of halogens is 2. The minimum absolute atomic E-state index is 0.00882. The lowest BCUT2D eigenvalue weighted by Crippen LogP contribution is -2.42. The molecule has 188 valence electrons. The zero-order chi connectivity index (χ0) is 26.2. The first-order chi connectivity index (χ1) is 17.2. The average Bonchev–Trinajstić information content (AvgIpc) is 3.28. The van der Waals surface area contributed by atoms with E-state index in [1.807, 2.05) is 0 Å². The number of rotatable bonds is 8. The van der Waals surface area contributed by atoms with E-state index in [1.54, 1.807) is 36.5 Å². The molecule has 2 aromatic carbocycles. The molecule has 10 nitrogen and oxygen atoms in total. The molecule has 2 aromatic rings. The summed E-state index contributed by atoms with van der Waals surface area (Å²) in [5, 5.41) is 26.6. The van der Waals surface area contributed by atoms with E-state index in [4.69, 9.17) is 34.2 Å². The molecule has 3 atom stereocenters. The molecular weight excluding hydrogens is 507 g/mol. The van der Waals surface area contributed by atoms with Gasteiger partial charge in [0.25, 0.3) is 5.91 Å². The molecule has 0 unspecified atom stereocenters. The van der Waals surface area contributed by atoms with Gasteiger partial charge in [-0.1, -0.05) is 41.4 Å². The van der Waals surface area contributed by atoms with Gasteiger partial charge in [0, 0.05) is 24.1 Å². The number of hydrogen-bond donors (Lipinski definition) is 5. The summed E-state index contributed by atoms with van der Waals surface area (Å²) in [4.78, 5) is 40.4. The van der Waals surface area contributed by atoms with Crippen molar-refractivity contribution in [2.24, 2.45) is 16.6 Å². The molecular formula is C24H24Cl2N6O4. The molecule has 1 aliphatic rings. The number of guanidine groups is 1. The van der Waals surface area contributed by atoms with E-state index in [1.165, 1.54) is 12.1 Å². The van der Waals surface area contributed by atoms with E-state index in [0.717, 1.165) is 6.42 Å². The van der Waals surface area contributed by atoms with Crippen molar-refractivity contribution in [2.75, 3.05) is 5.32 Å². The van der Waals surface area contributed by atoms with Gasteiger partial charge in [-0.2, -0.15) is 5.26 Å². The Labute approximate surface area is 217 Å². The fourth-order valence-corrected chi connectivity index (χ4v) is 4.56. The molecule has 0 heterocycles. The van der Waals surface area contributed by atoms with E-state index in [-0.39, 0.29) is 45.9 Å². The highest BCUT2D eigenvalue weighted by Crippen LogP contribution is 2.27. The van der Waals surface area contributed by atoms with Crippen LogP contribution in [-0.4, -0.2) is 40.9 Å². The molecule has 0 aromatic heterocycles. The van der Waals surface area contributed by atoms with Crippen molar-refractivity contribution in [2.45, 2.75) is 37.8 Å². The van der Waals surface area contributed by atoms with Crippen molar-refractivity contribution in [3.8, 4) is 6.19 Å². The highest BCUT2D eigenvalue weighted by Gasteiger charge is 2.30. The highest BCUT2D eigenvalue weighted by molar-refractivity contribution is 6.39. The third kappa shape index (κ3) is 7.10. The molecule has 0 saturated heterocycles. The molecule has 6 N–H and O–H groups in total. The number of aliphatic imine (C=N–C) groups is 1. The second kappa shape index (κ2) is 12.2. The summed E-state index contributed by atoms with van der Waals surface area (Å²) in [5.74, 6) is -2.24. The number of nitriles is 1. The van der Waals surface area contributed by atoms with Gasteiger partial charge in [0.05, 0.1) is 15.6 Å². The number of anilines is 1. The van der Waals surface area contributed by atoms with E-state index < -0.39 is 17.9 Å². The third-order valence-corrected chi connectivity index (χ3v) is 6.41. The largest absolute Gasteiger partial charge is 0.480 e. The van der Waals surface area contributed by atoms with Gasteiger partial charge < -0.3 is 26.8 Å². The minimum atomic E-state index is -1.22. The SMILES string of the molecule is N#C/N=C(\N)N[C@@H]1CC[C@@H](C(=O)Nc2ccc(C[C@H](NC(=O)c3c(Cl)cccc3Cl)C(=O)O)cc2)C1. The molecule has 1 fully saturated rings. The van der Waals surface area contributed by atoms with Crippen LogP contribution in [0.1, 0.15) is 35.2 Å². The summed E-state index contributed by atoms with van der Waals surface area (Å²) >= 11 is 12.1. The van der Waals surface area contributed by atoms with Crippen molar-refractivity contribution in [3.05, 3.63) is 63.6 Å². The number of carbonyl (C=O) groups excluding carboxylic acids is 2. The maximum atomic E-state index is 12.6. The average molecular weight is 531 g/mol. The van der Waals surface area contributed by atoms with Gasteiger partial charge in [-0.25, -0.2) is 4.79 Å². The fraction of sp³-hybridized carbons (Fsp3) is 0.292. The first kappa shape index (κ1) is 26.8. The number of nitrogens with two attached hydrogens (primary N) is 1. The van der Waals surface area contributed by atoms with Gasteiger partial charge in [-0.15, -0.1) is 4.99 Å². The van der Waals surface area contributed by atoms with Crippen molar-refractivity contribution in [1.29, 1.82) is 5.26 Å². The van der Waals surface area contributed by atoms with Crippen LogP contribution in [0.2, 0.25) is 10.0 Å². The molecule has 0 aliphatic heterocycles. The fourth-order valence-electron chi connectivity index (χ4n) is 4.00. The Kier molecular flexibility index (Phi) is 9.11. The minimum Gasteiger partial charge on any atom is -0.480 e. The number of benzene rings is 2. The lowest BCUT2D eigenvalue weighted by molar-refractivity contribution is -0.139. The lowest BCUT2D eigenvalue weighted by Gasteiger charge is -2.16. The standard InChI is InChI=1S/C24H24Cl2N6O4/c25-17-2-1-3-18(26)20(17)22(34)32-19(23(35)36)10-13-4-7-15(8-5-13)30-21(33)14-6-9-16(11-14)31-24(28)29-12-27/h1-5,7-8,14,16,19H,6,9-11H2,(H,30,33)(H,32,34)(H,35,36)(H3,28,29,31)/t14-,16-,19+/m1/s1. The van der Waals surface area contributed by atoms with Crippen molar-refractivity contribution >= 4 is 52.6 Å². The Morgan fingerprint density at radius 3 is 2.42 bits per heavy atom. The van der Waals surface area contributed by atoms with Crippen LogP contribution in [0.5, 0.6) is 0 Å². The quantitative estimate of drug-likeness (QED) is 0.198. The molecule has 3 rings (SSSR count). The second-order valence-corrected chi connectivity index (χ2v) is 9.11. The molecule has 36 heavy (non-hydrogen) atoms. The van der Waals surface area contributed by atoms with Gasteiger partial charge in [0.1, 0.15) is 6.04 Å². The number of carbonyl (C=O) groups is 3. The van der Waals surface area contributed by atoms with Gasteiger partial charge in [0.2, 0.25) is 18.1 Å². The number of amides is 2. The zero-order valence-corrected chi connectivity index (χ0v) is 20.5. The molecule has 0 radical (unpaired) electrons. The number of nitrogens with zero attached hydrogens (tertiary/aromatic N) is 2. The van der Waals surface area contributed by atoms with Crippen LogP contribution in [0.15, 0.2) is 47.5 Å². The first-order valence-corrected chi connectivity index (χ1v) is 11.8. The molecule has 2 amide bonds. The predicted octanol–water partition coefficient (Wildman–Crippen LogP) is 2.91. The van der Waals surface area contributed by atoms with Crippen molar-refractivity contribution in [3.63, 3.8) is 0 Å². The topological polar surface area (TPSA) is 170 Å². The molecule has 1 saturated carbocycles. The molecule has 0 spiro atoms. The third-order valence-electron chi connectivity index (χ3n) is 5.78. The summed E-state index contributed by atoms with van der Waals surface area (Å²) < 4.78 is 0. The van der Waals surface area contributed by atoms with Gasteiger partial charge in [0.15, 0.2) is 0 Å². The van der Waals surface area contributed by atoms with E-state index in [0.29, 0.717) is 24.1 Å². The van der Waals surface area contributed by atoms with Crippen LogP contribution in [0.3, 0.4) is 0 Å². The monoisotopic (exact) mass is 530 g/mol. The number of nitrogens with one attached hydrogen (secondary N) is 3. The second-order valence-electron chi connectivity index (χ2n) is 8.30. The normalized spacial score (nSPS) is 18.1. The van der Waals surface area contributed by atoms with Crippen LogP contribution in [0.4, 0.5) is 5.69 Å². The number of carboxylic acids is 1. The summed E-state index contributed by atoms with van der Waals surface area (Å²) in [5.41, 5.74) is 6.80. The summed E-state index contributed by atoms with van der Waals surface area (Å²) in [6.45, 7) is 0. The van der Waals surface area contributed by atoms with Crippen LogP contribution in [-0.2, 0) is 16.0 Å². The Morgan fingerprint density at radius 2 is 1.81 bits per heavy atom. The van der Waals surface area contributed by atoms with Crippen LogP contribution < -0.4 is 21.7 Å². The highest BCUT2D eigenvalue weighted by atomic mass is 35.5. The van der Waals surface area contributed by atoms with Crippen LogP contribution in [0, 0.1) is 17.4 Å². The molecule has 1 aliphatic carbocycles. The molecule has 12 heteroatoms. The van der Waals surface area contributed by atoms with Gasteiger partial charge in [-0.05, 0) is 49.1 Å². The van der Waals surface area contributed by atoms with E-state index >= 15 is 0 Å². The Hall–Kier alpha value is -3.81. The van der Waals surface area contributed by atoms with Gasteiger partial charge in [-0.3, -0.25) is 9.59 Å². The molecule has 0 bridgehead atoms. The van der Waals surface area contributed by atoms with E-state index in [9.17, 15) is 19.5 Å². The summed E-state index contributed by atoms with van der Waals surface area (Å²) in [6, 6.07) is 10.0. The Morgan fingerprint density at radius 1 is 1.14 bits per heavy atom. The number of aliphatic carboxylic acids is 1. The predicted molar refractivity (Wildman–Crippen MR) is 136 cm³/mol. The van der Waals surface area contributed by atoms with Crippen molar-refractivity contribution in [1.82, 2.24) is 10.6 Å². The number of carboxylic acid groups (broad SMARTS) is 1. The maximum Gasteiger partial charge on any atom is 0.326 e. The van der Waals surface area contributed by atoms with Crippen LogP contribution in [0.25, 0.3) is 0 Å². The first-order valence-electron chi connectivity index (χ1n) is 11.0. The van der Waals surface area contributed by atoms with Gasteiger partial charge >= 0.3 is 5.97 Å². The Bertz CT molecular complexity index is 1190. The van der Waals surface area contributed by atoms with E-state index in [2.05, 4.69) is 20.9 Å².